The van der Waals surface area contributed by atoms with Gasteiger partial charge in [-0.15, -0.1) is 0 Å². The number of nitrogen functional groups attached to an aromatic ring is 1. The fourth-order valence-corrected chi connectivity index (χ4v) is 1.23. The fourth-order valence-electron chi connectivity index (χ4n) is 1.23. The minimum Gasteiger partial charge on any atom is -0.399 e. The topological polar surface area (TPSA) is 81.1 Å². The maximum Gasteiger partial charge on any atom is 0.234 e. The van der Waals surface area contributed by atoms with Gasteiger partial charge in [0.15, 0.2) is 0 Å². The SMILES string of the molecule is CN[C@H](Cc1ccc(N)cc1)C(N)=O. The van der Waals surface area contributed by atoms with Crippen molar-refractivity contribution >= 4 is 11.6 Å². The van der Waals surface area contributed by atoms with Crippen LogP contribution in [0.5, 0.6) is 0 Å². The molecule has 0 fully saturated rings. The first kappa shape index (κ1) is 10.5. The molecule has 5 N–H and O–H groups in total. The molecule has 1 amide bonds. The lowest BCUT2D eigenvalue weighted by Crippen LogP contribution is -2.40. The zero-order valence-corrected chi connectivity index (χ0v) is 8.16. The molecule has 4 heteroatoms. The van der Waals surface area contributed by atoms with E-state index in [9.17, 15) is 4.79 Å². The molecule has 0 unspecified atom stereocenters. The normalized spacial score (nSPS) is 12.4. The quantitative estimate of drug-likeness (QED) is 0.583. The standard InChI is InChI=1S/C10H15N3O/c1-13-9(10(12)14)6-7-2-4-8(11)5-3-7/h2-5,9,13H,6,11H2,1H3,(H2,12,14)/t9-/m1/s1. The Bertz CT molecular complexity index is 308. The van der Waals surface area contributed by atoms with Gasteiger partial charge in [-0.05, 0) is 31.2 Å². The fraction of sp³-hybridized carbons (Fsp3) is 0.300. The highest BCUT2D eigenvalue weighted by molar-refractivity contribution is 5.80. The number of primary amides is 1. The van der Waals surface area contributed by atoms with E-state index < -0.39 is 0 Å². The van der Waals surface area contributed by atoms with Gasteiger partial charge in [-0.1, -0.05) is 12.1 Å². The van der Waals surface area contributed by atoms with E-state index in [2.05, 4.69) is 5.32 Å². The van der Waals surface area contributed by atoms with Gasteiger partial charge in [0.2, 0.25) is 5.91 Å². The van der Waals surface area contributed by atoms with Crippen molar-refractivity contribution in [1.82, 2.24) is 5.32 Å². The van der Waals surface area contributed by atoms with Crippen molar-refractivity contribution in [1.29, 1.82) is 0 Å². The van der Waals surface area contributed by atoms with Gasteiger partial charge in [-0.2, -0.15) is 0 Å². The van der Waals surface area contributed by atoms with Crippen LogP contribution in [-0.4, -0.2) is 19.0 Å². The summed E-state index contributed by atoms with van der Waals surface area (Å²) >= 11 is 0. The Morgan fingerprint density at radius 3 is 2.43 bits per heavy atom. The first-order valence-corrected chi connectivity index (χ1v) is 4.44. The predicted octanol–water partition coefficient (Wildman–Crippen LogP) is -0.115. The summed E-state index contributed by atoms with van der Waals surface area (Å²) in [7, 11) is 1.72. The molecule has 0 aliphatic carbocycles. The molecule has 0 radical (unpaired) electrons. The van der Waals surface area contributed by atoms with E-state index in [1.165, 1.54) is 0 Å². The Labute approximate surface area is 83.3 Å². The molecule has 0 aliphatic heterocycles. The molecule has 0 saturated carbocycles. The summed E-state index contributed by atoms with van der Waals surface area (Å²) in [4.78, 5) is 10.9. The van der Waals surface area contributed by atoms with Crippen molar-refractivity contribution in [2.24, 2.45) is 5.73 Å². The predicted molar refractivity (Wildman–Crippen MR) is 56.6 cm³/mol. The first-order chi connectivity index (χ1) is 6.63. The van der Waals surface area contributed by atoms with Crippen molar-refractivity contribution in [3.63, 3.8) is 0 Å². The molecule has 1 aromatic carbocycles. The third-order valence-electron chi connectivity index (χ3n) is 2.11. The number of hydrogen-bond acceptors (Lipinski definition) is 3. The average Bonchev–Trinajstić information content (AvgIpc) is 2.16. The summed E-state index contributed by atoms with van der Waals surface area (Å²) in [6.45, 7) is 0. The van der Waals surface area contributed by atoms with Gasteiger partial charge >= 0.3 is 0 Å². The molecule has 1 aromatic rings. The molecule has 0 aliphatic rings. The number of rotatable bonds is 4. The second-order valence-corrected chi connectivity index (χ2v) is 3.19. The Hall–Kier alpha value is -1.55. The van der Waals surface area contributed by atoms with E-state index in [0.29, 0.717) is 12.1 Å². The third-order valence-corrected chi connectivity index (χ3v) is 2.11. The highest BCUT2D eigenvalue weighted by Crippen LogP contribution is 2.07. The number of likely N-dealkylation sites (N-methyl/N-ethyl adjacent to an activating group) is 1. The number of hydrogen-bond donors (Lipinski definition) is 3. The van der Waals surface area contributed by atoms with Crippen LogP contribution in [-0.2, 0) is 11.2 Å². The Kier molecular flexibility index (Phi) is 3.48. The van der Waals surface area contributed by atoms with Crippen LogP contribution in [0.1, 0.15) is 5.56 Å². The zero-order valence-electron chi connectivity index (χ0n) is 8.16. The molecule has 0 spiro atoms. The van der Waals surface area contributed by atoms with Crippen molar-refractivity contribution < 1.29 is 4.79 Å². The van der Waals surface area contributed by atoms with E-state index in [1.54, 1.807) is 7.05 Å². The molecule has 1 atom stereocenters. The molecule has 0 bridgehead atoms. The Balaban J connectivity index is 2.67. The van der Waals surface area contributed by atoms with Crippen LogP contribution < -0.4 is 16.8 Å². The van der Waals surface area contributed by atoms with E-state index in [-0.39, 0.29) is 11.9 Å². The number of anilines is 1. The number of benzene rings is 1. The molecule has 0 aromatic heterocycles. The lowest BCUT2D eigenvalue weighted by Gasteiger charge is -2.11. The van der Waals surface area contributed by atoms with Crippen molar-refractivity contribution in [2.75, 3.05) is 12.8 Å². The Morgan fingerprint density at radius 1 is 1.43 bits per heavy atom. The summed E-state index contributed by atoms with van der Waals surface area (Å²) in [5.74, 6) is -0.343. The molecule has 0 heterocycles. The minimum absolute atomic E-state index is 0.321. The third kappa shape index (κ3) is 2.74. The second-order valence-electron chi connectivity index (χ2n) is 3.19. The smallest absolute Gasteiger partial charge is 0.234 e. The zero-order chi connectivity index (χ0) is 10.6. The maximum atomic E-state index is 10.9. The van der Waals surface area contributed by atoms with Crippen LogP contribution in [0.25, 0.3) is 0 Å². The van der Waals surface area contributed by atoms with Crippen LogP contribution >= 0.6 is 0 Å². The van der Waals surface area contributed by atoms with Crippen molar-refractivity contribution in [2.45, 2.75) is 12.5 Å². The number of carbonyl (C=O) groups is 1. The molecular weight excluding hydrogens is 178 g/mol. The van der Waals surface area contributed by atoms with E-state index >= 15 is 0 Å². The largest absolute Gasteiger partial charge is 0.399 e. The lowest BCUT2D eigenvalue weighted by molar-refractivity contribution is -0.119. The summed E-state index contributed by atoms with van der Waals surface area (Å²) in [5.41, 5.74) is 12.5. The van der Waals surface area contributed by atoms with Gasteiger partial charge in [0.1, 0.15) is 0 Å². The van der Waals surface area contributed by atoms with Crippen molar-refractivity contribution in [3.8, 4) is 0 Å². The molecule has 14 heavy (non-hydrogen) atoms. The summed E-state index contributed by atoms with van der Waals surface area (Å²) < 4.78 is 0. The summed E-state index contributed by atoms with van der Waals surface area (Å²) in [5, 5.41) is 2.86. The number of nitrogens with two attached hydrogens (primary N) is 2. The monoisotopic (exact) mass is 193 g/mol. The molecular formula is C10H15N3O. The summed E-state index contributed by atoms with van der Waals surface area (Å²) in [6, 6.07) is 7.08. The number of amides is 1. The van der Waals surface area contributed by atoms with Crippen LogP contribution in [0.3, 0.4) is 0 Å². The number of carbonyl (C=O) groups excluding carboxylic acids is 1. The van der Waals surface area contributed by atoms with Gasteiger partial charge < -0.3 is 16.8 Å². The van der Waals surface area contributed by atoms with Crippen LogP contribution in [0.2, 0.25) is 0 Å². The Morgan fingerprint density at radius 2 is 2.00 bits per heavy atom. The van der Waals surface area contributed by atoms with Crippen molar-refractivity contribution in [3.05, 3.63) is 29.8 Å². The van der Waals surface area contributed by atoms with Gasteiger partial charge in [0.05, 0.1) is 6.04 Å². The van der Waals surface area contributed by atoms with E-state index in [1.807, 2.05) is 24.3 Å². The molecule has 0 saturated heterocycles. The minimum atomic E-state index is -0.343. The molecule has 1 rings (SSSR count). The van der Waals surface area contributed by atoms with Crippen LogP contribution in [0, 0.1) is 0 Å². The number of nitrogens with one attached hydrogen (secondary N) is 1. The van der Waals surface area contributed by atoms with E-state index in [4.69, 9.17) is 11.5 Å². The highest BCUT2D eigenvalue weighted by Gasteiger charge is 2.12. The van der Waals surface area contributed by atoms with E-state index in [0.717, 1.165) is 5.56 Å². The van der Waals surface area contributed by atoms with Gasteiger partial charge in [-0.3, -0.25) is 4.79 Å². The van der Waals surface area contributed by atoms with Gasteiger partial charge in [0.25, 0.3) is 0 Å². The van der Waals surface area contributed by atoms with Gasteiger partial charge in [-0.25, -0.2) is 0 Å². The molecule has 4 nitrogen and oxygen atoms in total. The average molecular weight is 193 g/mol. The van der Waals surface area contributed by atoms with Crippen LogP contribution in [0.4, 0.5) is 5.69 Å². The second kappa shape index (κ2) is 4.62. The first-order valence-electron chi connectivity index (χ1n) is 4.44. The molecule has 76 valence electrons. The highest BCUT2D eigenvalue weighted by atomic mass is 16.1. The van der Waals surface area contributed by atoms with Gasteiger partial charge in [0, 0.05) is 5.69 Å². The lowest BCUT2D eigenvalue weighted by atomic mass is 10.1. The summed E-state index contributed by atoms with van der Waals surface area (Å²) in [6.07, 6.45) is 0.589. The van der Waals surface area contributed by atoms with Crippen LogP contribution in [0.15, 0.2) is 24.3 Å². The maximum absolute atomic E-state index is 10.9.